The molecule has 0 unspecified atom stereocenters. The number of nitrogens with two attached hydrogens (primary N) is 1. The van der Waals surface area contributed by atoms with Crippen LogP contribution in [-0.4, -0.2) is 11.2 Å². The number of aliphatic hydroxyl groups is 1. The molecular weight excluding hydrogens is 267 g/mol. The van der Waals surface area contributed by atoms with Crippen LogP contribution in [0.4, 0.5) is 13.2 Å². The van der Waals surface area contributed by atoms with Crippen molar-refractivity contribution in [3.05, 3.63) is 35.4 Å². The second-order valence-corrected chi connectivity index (χ2v) is 4.00. The predicted octanol–water partition coefficient (Wildman–Crippen LogP) is 3.29. The van der Waals surface area contributed by atoms with Crippen molar-refractivity contribution in [1.82, 2.24) is 0 Å². The molecule has 3 N–H and O–H groups in total. The van der Waals surface area contributed by atoms with Crippen LogP contribution in [0.15, 0.2) is 24.3 Å². The molecule has 0 amide bonds. The molecule has 0 saturated carbocycles. The first kappa shape index (κ1) is 17.2. The molecule has 1 aromatic rings. The van der Waals surface area contributed by atoms with E-state index in [1.54, 1.807) is 0 Å². The maximum absolute atomic E-state index is 12.3. The van der Waals surface area contributed by atoms with E-state index in [4.69, 9.17) is 5.73 Å². The number of aliphatic hydroxyl groups excluding tert-OH is 1. The molecule has 104 valence electrons. The van der Waals surface area contributed by atoms with Gasteiger partial charge < -0.3 is 10.8 Å². The highest BCUT2D eigenvalue weighted by molar-refractivity contribution is 5.85. The molecule has 0 fully saturated rings. The summed E-state index contributed by atoms with van der Waals surface area (Å²) in [6.45, 7) is 1.91. The summed E-state index contributed by atoms with van der Waals surface area (Å²) in [6.07, 6.45) is -3.76. The van der Waals surface area contributed by atoms with Gasteiger partial charge in [-0.15, -0.1) is 12.4 Å². The molecule has 0 aromatic heterocycles. The van der Waals surface area contributed by atoms with E-state index < -0.39 is 23.9 Å². The van der Waals surface area contributed by atoms with Crippen molar-refractivity contribution in [2.24, 2.45) is 5.73 Å². The van der Waals surface area contributed by atoms with E-state index in [0.717, 1.165) is 18.6 Å². The molecule has 0 saturated heterocycles. The lowest BCUT2D eigenvalue weighted by Gasteiger charge is -2.19. The lowest BCUT2D eigenvalue weighted by molar-refractivity contribution is -0.137. The van der Waals surface area contributed by atoms with Crippen LogP contribution >= 0.6 is 12.4 Å². The van der Waals surface area contributed by atoms with Crippen LogP contribution in [0.3, 0.4) is 0 Å². The van der Waals surface area contributed by atoms with E-state index in [-0.39, 0.29) is 12.4 Å². The molecule has 6 heteroatoms. The van der Waals surface area contributed by atoms with Crippen LogP contribution in [0.25, 0.3) is 0 Å². The zero-order chi connectivity index (χ0) is 13.1. The van der Waals surface area contributed by atoms with Crippen molar-refractivity contribution in [1.29, 1.82) is 0 Å². The number of alkyl halides is 3. The zero-order valence-electron chi connectivity index (χ0n) is 9.95. The molecule has 0 spiro atoms. The number of rotatable bonds is 4. The largest absolute Gasteiger partial charge is 0.416 e. The van der Waals surface area contributed by atoms with Gasteiger partial charge in [-0.2, -0.15) is 13.2 Å². The first-order valence-electron chi connectivity index (χ1n) is 5.47. The summed E-state index contributed by atoms with van der Waals surface area (Å²) in [4.78, 5) is 0. The van der Waals surface area contributed by atoms with Crippen LogP contribution in [0.5, 0.6) is 0 Å². The maximum atomic E-state index is 12.3. The maximum Gasteiger partial charge on any atom is 0.416 e. The van der Waals surface area contributed by atoms with Crippen molar-refractivity contribution in [3.8, 4) is 0 Å². The third-order valence-corrected chi connectivity index (χ3v) is 2.62. The Morgan fingerprint density at radius 1 is 1.22 bits per heavy atom. The molecule has 0 aliphatic heterocycles. The monoisotopic (exact) mass is 283 g/mol. The van der Waals surface area contributed by atoms with E-state index in [9.17, 15) is 18.3 Å². The zero-order valence-corrected chi connectivity index (χ0v) is 10.8. The average molecular weight is 284 g/mol. The Balaban J connectivity index is 0.00000289. The van der Waals surface area contributed by atoms with Crippen LogP contribution in [0.1, 0.15) is 36.9 Å². The van der Waals surface area contributed by atoms with Crippen LogP contribution in [0.2, 0.25) is 0 Å². The summed E-state index contributed by atoms with van der Waals surface area (Å²) in [7, 11) is 0. The third-order valence-electron chi connectivity index (χ3n) is 2.62. The van der Waals surface area contributed by atoms with Crippen LogP contribution in [0, 0.1) is 0 Å². The fourth-order valence-corrected chi connectivity index (χ4v) is 1.59. The van der Waals surface area contributed by atoms with Gasteiger partial charge >= 0.3 is 6.18 Å². The summed E-state index contributed by atoms with van der Waals surface area (Å²) < 4.78 is 37.0. The molecule has 0 heterocycles. The van der Waals surface area contributed by atoms with Gasteiger partial charge in [-0.3, -0.25) is 0 Å². The summed E-state index contributed by atoms with van der Waals surface area (Å²) >= 11 is 0. The lowest BCUT2D eigenvalue weighted by Crippen LogP contribution is -2.26. The topological polar surface area (TPSA) is 46.2 Å². The van der Waals surface area contributed by atoms with Crippen molar-refractivity contribution < 1.29 is 18.3 Å². The predicted molar refractivity (Wildman–Crippen MR) is 66.5 cm³/mol. The molecule has 0 aliphatic rings. The van der Waals surface area contributed by atoms with Gasteiger partial charge in [0.1, 0.15) is 0 Å². The minimum Gasteiger partial charge on any atom is -0.391 e. The van der Waals surface area contributed by atoms with Crippen molar-refractivity contribution >= 4 is 12.4 Å². The van der Waals surface area contributed by atoms with Crippen molar-refractivity contribution in [3.63, 3.8) is 0 Å². The molecular formula is C12H17ClF3NO. The van der Waals surface area contributed by atoms with E-state index in [2.05, 4.69) is 0 Å². The smallest absolute Gasteiger partial charge is 0.391 e. The van der Waals surface area contributed by atoms with Gasteiger partial charge in [0.05, 0.1) is 17.7 Å². The third kappa shape index (κ3) is 4.48. The lowest BCUT2D eigenvalue weighted by atomic mass is 9.98. The molecule has 0 aliphatic carbocycles. The molecule has 1 rings (SSSR count). The highest BCUT2D eigenvalue weighted by Gasteiger charge is 2.30. The fourth-order valence-electron chi connectivity index (χ4n) is 1.59. The van der Waals surface area contributed by atoms with Gasteiger partial charge in [-0.1, -0.05) is 25.5 Å². The van der Waals surface area contributed by atoms with Gasteiger partial charge in [-0.05, 0) is 24.1 Å². The number of benzene rings is 1. The summed E-state index contributed by atoms with van der Waals surface area (Å²) in [5.41, 5.74) is 5.56. The first-order chi connectivity index (χ1) is 7.86. The molecule has 0 radical (unpaired) electrons. The SMILES string of the molecule is CCC[C@H](O)[C@H](N)c1ccc(C(F)(F)F)cc1.Cl. The summed E-state index contributed by atoms with van der Waals surface area (Å²) in [6, 6.07) is 3.94. The first-order valence-corrected chi connectivity index (χ1v) is 5.47. The van der Waals surface area contributed by atoms with Gasteiger partial charge in [0.15, 0.2) is 0 Å². The Morgan fingerprint density at radius 2 is 1.72 bits per heavy atom. The summed E-state index contributed by atoms with van der Waals surface area (Å²) in [5.74, 6) is 0. The molecule has 18 heavy (non-hydrogen) atoms. The quantitative estimate of drug-likeness (QED) is 0.891. The normalized spacial score (nSPS) is 14.8. The minimum atomic E-state index is -4.34. The number of hydrogen-bond acceptors (Lipinski definition) is 2. The van der Waals surface area contributed by atoms with E-state index in [0.29, 0.717) is 12.0 Å². The summed E-state index contributed by atoms with van der Waals surface area (Å²) in [5, 5.41) is 9.65. The molecule has 1 aromatic carbocycles. The molecule has 0 bridgehead atoms. The van der Waals surface area contributed by atoms with Crippen molar-refractivity contribution in [2.75, 3.05) is 0 Å². The Hall–Kier alpha value is -0.780. The Kier molecular flexibility index (Phi) is 6.67. The van der Waals surface area contributed by atoms with Gasteiger partial charge in [0.2, 0.25) is 0 Å². The second kappa shape index (κ2) is 6.97. The standard InChI is InChI=1S/C12H16F3NO.ClH/c1-2-3-10(17)11(16)8-4-6-9(7-5-8)12(13,14)15;/h4-7,10-11,17H,2-3,16H2,1H3;1H/t10-,11+;/m0./s1. The Morgan fingerprint density at radius 3 is 2.11 bits per heavy atom. The van der Waals surface area contributed by atoms with Crippen LogP contribution < -0.4 is 5.73 Å². The molecule has 2 atom stereocenters. The van der Waals surface area contributed by atoms with E-state index in [1.807, 2.05) is 6.92 Å². The van der Waals surface area contributed by atoms with Crippen molar-refractivity contribution in [2.45, 2.75) is 38.1 Å². The minimum absolute atomic E-state index is 0. The van der Waals surface area contributed by atoms with Crippen LogP contribution in [-0.2, 0) is 6.18 Å². The molecule has 2 nitrogen and oxygen atoms in total. The highest BCUT2D eigenvalue weighted by atomic mass is 35.5. The second-order valence-electron chi connectivity index (χ2n) is 4.00. The average Bonchev–Trinajstić information content (AvgIpc) is 2.27. The van der Waals surface area contributed by atoms with Gasteiger partial charge in [-0.25, -0.2) is 0 Å². The number of hydrogen-bond donors (Lipinski definition) is 2. The highest BCUT2D eigenvalue weighted by Crippen LogP contribution is 2.30. The Bertz CT molecular complexity index is 353. The van der Waals surface area contributed by atoms with Gasteiger partial charge in [0, 0.05) is 0 Å². The van der Waals surface area contributed by atoms with Gasteiger partial charge in [0.25, 0.3) is 0 Å². The Labute approximate surface area is 110 Å². The van der Waals surface area contributed by atoms with E-state index in [1.165, 1.54) is 12.1 Å². The number of halogens is 4. The fraction of sp³-hybridized carbons (Fsp3) is 0.500. The van der Waals surface area contributed by atoms with E-state index >= 15 is 0 Å².